The second kappa shape index (κ2) is 6.52. The Morgan fingerprint density at radius 3 is 2.72 bits per heavy atom. The molecule has 0 aliphatic carbocycles. The van der Waals surface area contributed by atoms with E-state index in [1.165, 1.54) is 28.8 Å². The molecule has 1 heterocycles. The van der Waals surface area contributed by atoms with Crippen LogP contribution in [0.4, 0.5) is 14.5 Å². The molecule has 0 unspecified atom stereocenters. The van der Waals surface area contributed by atoms with Crippen molar-refractivity contribution in [2.75, 3.05) is 0 Å². The lowest BCUT2D eigenvalue weighted by Crippen LogP contribution is -2.16. The molecule has 0 fully saturated rings. The molecule has 0 aliphatic heterocycles. The van der Waals surface area contributed by atoms with Crippen LogP contribution in [-0.2, 0) is 6.54 Å². The Balaban J connectivity index is 2.21. The summed E-state index contributed by atoms with van der Waals surface area (Å²) < 4.78 is 29.2. The fourth-order valence-electron chi connectivity index (χ4n) is 2.47. The normalized spacial score (nSPS) is 11.9. The van der Waals surface area contributed by atoms with Gasteiger partial charge in [-0.2, -0.15) is 4.99 Å². The summed E-state index contributed by atoms with van der Waals surface area (Å²) in [5.41, 5.74) is -0.389. The van der Waals surface area contributed by atoms with E-state index in [1.54, 1.807) is 6.92 Å². The number of thiazole rings is 1. The third-order valence-corrected chi connectivity index (χ3v) is 4.57. The quantitative estimate of drug-likeness (QED) is 0.526. The summed E-state index contributed by atoms with van der Waals surface area (Å²) in [6.07, 6.45) is 0. The van der Waals surface area contributed by atoms with E-state index in [9.17, 15) is 23.7 Å². The minimum absolute atomic E-state index is 0.142. The molecule has 128 valence electrons. The summed E-state index contributed by atoms with van der Waals surface area (Å²) >= 11 is 0.940. The van der Waals surface area contributed by atoms with Crippen molar-refractivity contribution in [2.24, 2.45) is 4.99 Å². The van der Waals surface area contributed by atoms with Crippen molar-refractivity contribution in [3.63, 3.8) is 0 Å². The second-order valence-electron chi connectivity index (χ2n) is 5.05. The first-order valence-corrected chi connectivity index (χ1v) is 8.05. The maximum atomic E-state index is 14.1. The van der Waals surface area contributed by atoms with Crippen molar-refractivity contribution in [2.45, 2.75) is 13.5 Å². The van der Waals surface area contributed by atoms with Gasteiger partial charge < -0.3 is 4.57 Å². The van der Waals surface area contributed by atoms with E-state index < -0.39 is 22.5 Å². The molecule has 0 spiro atoms. The zero-order valence-electron chi connectivity index (χ0n) is 12.9. The van der Waals surface area contributed by atoms with E-state index in [0.717, 1.165) is 23.5 Å². The molecule has 0 bridgehead atoms. The minimum Gasteiger partial charge on any atom is -0.314 e. The monoisotopic (exact) mass is 363 g/mol. The first kappa shape index (κ1) is 16.9. The molecule has 0 aliphatic rings. The highest BCUT2D eigenvalue weighted by Gasteiger charge is 2.19. The predicted octanol–water partition coefficient (Wildman–Crippen LogP) is 3.65. The molecule has 0 radical (unpaired) electrons. The smallest absolute Gasteiger partial charge is 0.286 e. The number of amides is 1. The van der Waals surface area contributed by atoms with Crippen LogP contribution in [0.25, 0.3) is 10.2 Å². The van der Waals surface area contributed by atoms with Gasteiger partial charge in [0.05, 0.1) is 15.1 Å². The molecule has 3 rings (SSSR count). The van der Waals surface area contributed by atoms with Gasteiger partial charge in [-0.25, -0.2) is 8.78 Å². The number of carbonyl (C=O) groups excluding carboxylic acids is 1. The number of aromatic nitrogens is 1. The van der Waals surface area contributed by atoms with Gasteiger partial charge in [0.1, 0.15) is 11.4 Å². The van der Waals surface area contributed by atoms with E-state index >= 15 is 0 Å². The molecular weight excluding hydrogens is 352 g/mol. The SMILES string of the molecule is CCn1c(=NC(=O)c2ccccc2[N+](=O)[O-])sc2cc(F)cc(F)c21. The van der Waals surface area contributed by atoms with Crippen molar-refractivity contribution in [1.29, 1.82) is 0 Å². The minimum atomic E-state index is -0.818. The van der Waals surface area contributed by atoms with Crippen LogP contribution in [0.1, 0.15) is 17.3 Å². The molecule has 0 atom stereocenters. The Bertz CT molecular complexity index is 1070. The fourth-order valence-corrected chi connectivity index (χ4v) is 3.60. The van der Waals surface area contributed by atoms with Gasteiger partial charge >= 0.3 is 0 Å². The highest BCUT2D eigenvalue weighted by molar-refractivity contribution is 7.16. The van der Waals surface area contributed by atoms with Gasteiger partial charge in [0.25, 0.3) is 11.6 Å². The Morgan fingerprint density at radius 2 is 2.04 bits per heavy atom. The van der Waals surface area contributed by atoms with Gasteiger partial charge in [-0.05, 0) is 19.1 Å². The molecule has 0 saturated carbocycles. The number of para-hydroxylation sites is 1. The molecule has 0 saturated heterocycles. The Hall–Kier alpha value is -2.94. The van der Waals surface area contributed by atoms with Gasteiger partial charge in [0.15, 0.2) is 10.6 Å². The second-order valence-corrected chi connectivity index (χ2v) is 6.06. The van der Waals surface area contributed by atoms with Crippen molar-refractivity contribution >= 4 is 33.1 Å². The topological polar surface area (TPSA) is 77.5 Å². The summed E-state index contributed by atoms with van der Waals surface area (Å²) in [7, 11) is 0. The summed E-state index contributed by atoms with van der Waals surface area (Å²) in [6.45, 7) is 2.02. The average Bonchev–Trinajstić information content (AvgIpc) is 2.91. The van der Waals surface area contributed by atoms with Gasteiger partial charge in [-0.15, -0.1) is 0 Å². The van der Waals surface area contributed by atoms with E-state index in [2.05, 4.69) is 4.99 Å². The van der Waals surface area contributed by atoms with Crippen LogP contribution in [0.5, 0.6) is 0 Å². The van der Waals surface area contributed by atoms with E-state index in [-0.39, 0.29) is 21.6 Å². The number of hydrogen-bond donors (Lipinski definition) is 0. The van der Waals surface area contributed by atoms with Crippen LogP contribution >= 0.6 is 11.3 Å². The van der Waals surface area contributed by atoms with Gasteiger partial charge in [0.2, 0.25) is 0 Å². The number of halogens is 2. The van der Waals surface area contributed by atoms with E-state index in [0.29, 0.717) is 11.2 Å². The van der Waals surface area contributed by atoms with Crippen molar-refractivity contribution in [3.8, 4) is 0 Å². The highest BCUT2D eigenvalue weighted by Crippen LogP contribution is 2.23. The highest BCUT2D eigenvalue weighted by atomic mass is 32.1. The first-order valence-electron chi connectivity index (χ1n) is 7.23. The molecular formula is C16H11F2N3O3S. The van der Waals surface area contributed by atoms with E-state index in [4.69, 9.17) is 0 Å². The lowest BCUT2D eigenvalue weighted by atomic mass is 10.2. The summed E-state index contributed by atoms with van der Waals surface area (Å²) in [5.74, 6) is -2.30. The Morgan fingerprint density at radius 1 is 1.32 bits per heavy atom. The number of hydrogen-bond acceptors (Lipinski definition) is 4. The van der Waals surface area contributed by atoms with Crippen LogP contribution in [0.2, 0.25) is 0 Å². The zero-order valence-corrected chi connectivity index (χ0v) is 13.7. The van der Waals surface area contributed by atoms with E-state index in [1.807, 2.05) is 0 Å². The molecule has 6 nitrogen and oxygen atoms in total. The number of nitro benzene ring substituents is 1. The summed E-state index contributed by atoms with van der Waals surface area (Å²) in [5, 5.41) is 11.0. The van der Waals surface area contributed by atoms with Crippen LogP contribution in [0, 0.1) is 21.7 Å². The van der Waals surface area contributed by atoms with Gasteiger partial charge in [0, 0.05) is 18.7 Å². The zero-order chi connectivity index (χ0) is 18.1. The number of aryl methyl sites for hydroxylation is 1. The molecule has 0 N–H and O–H groups in total. The average molecular weight is 363 g/mol. The van der Waals surface area contributed by atoms with Crippen LogP contribution in [-0.4, -0.2) is 15.4 Å². The standard InChI is InChI=1S/C16H11F2N3O3S/c1-2-20-14-11(18)7-9(17)8-13(14)25-16(20)19-15(22)10-5-3-4-6-12(10)21(23)24/h3-8H,2H2,1H3. The van der Waals surface area contributed by atoms with Crippen molar-refractivity contribution < 1.29 is 18.5 Å². The van der Waals surface area contributed by atoms with Crippen LogP contribution in [0.15, 0.2) is 41.4 Å². The van der Waals surface area contributed by atoms with Crippen molar-refractivity contribution in [1.82, 2.24) is 4.57 Å². The third kappa shape index (κ3) is 3.05. The lowest BCUT2D eigenvalue weighted by Gasteiger charge is -2.02. The summed E-state index contributed by atoms with van der Waals surface area (Å²) in [6, 6.07) is 7.35. The number of rotatable bonds is 3. The van der Waals surface area contributed by atoms with Crippen LogP contribution < -0.4 is 4.80 Å². The molecule has 9 heteroatoms. The number of nitrogens with zero attached hydrogens (tertiary/aromatic N) is 3. The molecule has 3 aromatic rings. The van der Waals surface area contributed by atoms with Crippen molar-refractivity contribution in [3.05, 3.63) is 68.5 Å². The summed E-state index contributed by atoms with van der Waals surface area (Å²) in [4.78, 5) is 26.8. The maximum Gasteiger partial charge on any atom is 0.286 e. The third-order valence-electron chi connectivity index (χ3n) is 3.54. The molecule has 2 aromatic carbocycles. The number of fused-ring (bicyclic) bond motifs is 1. The molecule has 1 aromatic heterocycles. The lowest BCUT2D eigenvalue weighted by molar-refractivity contribution is -0.385. The first-order chi connectivity index (χ1) is 11.9. The van der Waals surface area contributed by atoms with Gasteiger partial charge in [-0.1, -0.05) is 23.5 Å². The number of nitro groups is 1. The fraction of sp³-hybridized carbons (Fsp3) is 0.125. The number of benzene rings is 2. The van der Waals surface area contributed by atoms with Gasteiger partial charge in [-0.3, -0.25) is 14.9 Å². The largest absolute Gasteiger partial charge is 0.314 e. The number of carbonyl (C=O) groups is 1. The molecule has 25 heavy (non-hydrogen) atoms. The Labute approximate surface area is 143 Å². The maximum absolute atomic E-state index is 14.1. The molecule has 1 amide bonds. The predicted molar refractivity (Wildman–Crippen MR) is 88.4 cm³/mol. The van der Waals surface area contributed by atoms with Crippen LogP contribution in [0.3, 0.4) is 0 Å². The Kier molecular flexibility index (Phi) is 4.41.